The fourth-order valence-corrected chi connectivity index (χ4v) is 1.88. The van der Waals surface area contributed by atoms with E-state index in [0.717, 1.165) is 6.54 Å². The third-order valence-electron chi connectivity index (χ3n) is 2.79. The summed E-state index contributed by atoms with van der Waals surface area (Å²) in [5, 5.41) is 0. The summed E-state index contributed by atoms with van der Waals surface area (Å²) in [6.45, 7) is 8.06. The minimum absolute atomic E-state index is 0.225. The van der Waals surface area contributed by atoms with E-state index in [1.165, 1.54) is 0 Å². The molecule has 1 saturated heterocycles. The summed E-state index contributed by atoms with van der Waals surface area (Å²) < 4.78 is 0. The van der Waals surface area contributed by atoms with Gasteiger partial charge in [0.2, 0.25) is 5.91 Å². The Bertz CT molecular complexity index is 207. The zero-order valence-corrected chi connectivity index (χ0v) is 9.29. The highest BCUT2D eigenvalue weighted by Gasteiger charge is 2.35. The molecule has 1 aliphatic rings. The van der Waals surface area contributed by atoms with Crippen molar-refractivity contribution in [1.82, 2.24) is 9.80 Å². The molecule has 1 rings (SSSR count). The summed E-state index contributed by atoms with van der Waals surface area (Å²) in [5.74, 6) is 0.225. The standard InChI is InChI=1S/C10H20N2O/c1-10(2,3)8-6-12(5)9(13)7-11(8)4/h8H,6-7H2,1-5H3. The summed E-state index contributed by atoms with van der Waals surface area (Å²) in [6, 6.07) is 0.468. The molecule has 1 fully saturated rings. The van der Waals surface area contributed by atoms with Crippen molar-refractivity contribution in [2.75, 3.05) is 27.2 Å². The van der Waals surface area contributed by atoms with E-state index in [9.17, 15) is 4.79 Å². The molecular formula is C10H20N2O. The molecule has 0 N–H and O–H groups in total. The second-order valence-corrected chi connectivity index (χ2v) is 5.07. The van der Waals surface area contributed by atoms with Gasteiger partial charge in [-0.05, 0) is 12.5 Å². The summed E-state index contributed by atoms with van der Waals surface area (Å²) in [6.07, 6.45) is 0. The Balaban J connectivity index is 2.72. The van der Waals surface area contributed by atoms with Crippen LogP contribution in [-0.2, 0) is 4.79 Å². The van der Waals surface area contributed by atoms with Gasteiger partial charge in [-0.3, -0.25) is 9.69 Å². The molecule has 1 heterocycles. The number of carbonyl (C=O) groups excluding carboxylic acids is 1. The number of hydrogen-bond acceptors (Lipinski definition) is 2. The molecule has 1 unspecified atom stereocenters. The molecule has 0 bridgehead atoms. The van der Waals surface area contributed by atoms with Crippen LogP contribution < -0.4 is 0 Å². The van der Waals surface area contributed by atoms with E-state index in [1.54, 1.807) is 0 Å². The van der Waals surface area contributed by atoms with Crippen molar-refractivity contribution < 1.29 is 4.79 Å². The smallest absolute Gasteiger partial charge is 0.236 e. The quantitative estimate of drug-likeness (QED) is 0.556. The van der Waals surface area contributed by atoms with Crippen LogP contribution in [0.5, 0.6) is 0 Å². The van der Waals surface area contributed by atoms with Crippen LogP contribution in [-0.4, -0.2) is 48.9 Å². The maximum atomic E-state index is 11.4. The van der Waals surface area contributed by atoms with Crippen molar-refractivity contribution in [3.05, 3.63) is 0 Å². The SMILES string of the molecule is CN1CC(C(C)(C)C)N(C)CC1=O. The van der Waals surface area contributed by atoms with E-state index in [0.29, 0.717) is 12.6 Å². The highest BCUT2D eigenvalue weighted by atomic mass is 16.2. The summed E-state index contributed by atoms with van der Waals surface area (Å²) in [7, 11) is 3.91. The number of piperazine rings is 1. The maximum Gasteiger partial charge on any atom is 0.236 e. The van der Waals surface area contributed by atoms with Crippen LogP contribution in [0.3, 0.4) is 0 Å². The molecule has 76 valence electrons. The molecule has 0 aromatic carbocycles. The average molecular weight is 184 g/mol. The first-order valence-electron chi connectivity index (χ1n) is 4.76. The molecule has 0 saturated carbocycles. The summed E-state index contributed by atoms with van der Waals surface area (Å²) >= 11 is 0. The highest BCUT2D eigenvalue weighted by Crippen LogP contribution is 2.26. The Labute approximate surface area is 80.7 Å². The second-order valence-electron chi connectivity index (χ2n) is 5.07. The zero-order chi connectivity index (χ0) is 10.2. The van der Waals surface area contributed by atoms with Crippen LogP contribution in [0.15, 0.2) is 0 Å². The van der Waals surface area contributed by atoms with Crippen molar-refractivity contribution >= 4 is 5.91 Å². The summed E-state index contributed by atoms with van der Waals surface area (Å²) in [4.78, 5) is 15.3. The van der Waals surface area contributed by atoms with Crippen molar-refractivity contribution in [2.24, 2.45) is 5.41 Å². The lowest BCUT2D eigenvalue weighted by molar-refractivity contribution is -0.138. The lowest BCUT2D eigenvalue weighted by atomic mass is 9.84. The monoisotopic (exact) mass is 184 g/mol. The molecule has 1 aliphatic heterocycles. The van der Waals surface area contributed by atoms with E-state index in [1.807, 2.05) is 19.0 Å². The minimum atomic E-state index is 0.225. The van der Waals surface area contributed by atoms with E-state index in [4.69, 9.17) is 0 Å². The second kappa shape index (κ2) is 3.29. The molecule has 0 radical (unpaired) electrons. The van der Waals surface area contributed by atoms with Crippen LogP contribution in [0.4, 0.5) is 0 Å². The van der Waals surface area contributed by atoms with Gasteiger partial charge >= 0.3 is 0 Å². The summed E-state index contributed by atoms with van der Waals surface area (Å²) in [5.41, 5.74) is 0.240. The normalized spacial score (nSPS) is 26.7. The van der Waals surface area contributed by atoms with Gasteiger partial charge in [0.1, 0.15) is 0 Å². The first-order valence-corrected chi connectivity index (χ1v) is 4.76. The third-order valence-corrected chi connectivity index (χ3v) is 2.79. The van der Waals surface area contributed by atoms with Crippen LogP contribution in [0.25, 0.3) is 0 Å². The van der Waals surface area contributed by atoms with Gasteiger partial charge in [-0.2, -0.15) is 0 Å². The van der Waals surface area contributed by atoms with Crippen molar-refractivity contribution in [2.45, 2.75) is 26.8 Å². The largest absolute Gasteiger partial charge is 0.343 e. The zero-order valence-electron chi connectivity index (χ0n) is 9.29. The molecular weight excluding hydrogens is 164 g/mol. The molecule has 0 aromatic rings. The Morgan fingerprint density at radius 2 is 1.85 bits per heavy atom. The third kappa shape index (κ3) is 2.21. The number of likely N-dealkylation sites (N-methyl/N-ethyl adjacent to an activating group) is 2. The van der Waals surface area contributed by atoms with Gasteiger partial charge in [-0.15, -0.1) is 0 Å². The van der Waals surface area contributed by atoms with Crippen molar-refractivity contribution in [1.29, 1.82) is 0 Å². The maximum absolute atomic E-state index is 11.4. The highest BCUT2D eigenvalue weighted by molar-refractivity contribution is 5.78. The van der Waals surface area contributed by atoms with Gasteiger partial charge in [0, 0.05) is 19.6 Å². The minimum Gasteiger partial charge on any atom is -0.343 e. The molecule has 1 atom stereocenters. The average Bonchev–Trinajstić information content (AvgIpc) is 1.94. The van der Waals surface area contributed by atoms with Gasteiger partial charge in [0.15, 0.2) is 0 Å². The molecule has 13 heavy (non-hydrogen) atoms. The Morgan fingerprint density at radius 1 is 1.31 bits per heavy atom. The van der Waals surface area contributed by atoms with Crippen molar-refractivity contribution in [3.8, 4) is 0 Å². The molecule has 1 amide bonds. The Kier molecular flexibility index (Phi) is 2.66. The molecule has 0 aliphatic carbocycles. The van der Waals surface area contributed by atoms with E-state index in [-0.39, 0.29) is 11.3 Å². The van der Waals surface area contributed by atoms with E-state index < -0.39 is 0 Å². The van der Waals surface area contributed by atoms with Gasteiger partial charge in [-0.25, -0.2) is 0 Å². The van der Waals surface area contributed by atoms with Gasteiger partial charge < -0.3 is 4.90 Å². The number of amides is 1. The lowest BCUT2D eigenvalue weighted by Gasteiger charge is -2.44. The fourth-order valence-electron chi connectivity index (χ4n) is 1.88. The van der Waals surface area contributed by atoms with Crippen LogP contribution >= 0.6 is 0 Å². The number of rotatable bonds is 0. The molecule has 3 heteroatoms. The molecule has 0 spiro atoms. The molecule has 3 nitrogen and oxygen atoms in total. The van der Waals surface area contributed by atoms with Gasteiger partial charge in [0.25, 0.3) is 0 Å². The predicted molar refractivity (Wildman–Crippen MR) is 53.5 cm³/mol. The molecule has 0 aromatic heterocycles. The predicted octanol–water partition coefficient (Wildman–Crippen LogP) is 0.805. The Morgan fingerprint density at radius 3 is 2.31 bits per heavy atom. The van der Waals surface area contributed by atoms with Gasteiger partial charge in [-0.1, -0.05) is 20.8 Å². The van der Waals surface area contributed by atoms with Crippen LogP contribution in [0.2, 0.25) is 0 Å². The fraction of sp³-hybridized carbons (Fsp3) is 0.900. The first kappa shape index (κ1) is 10.5. The van der Waals surface area contributed by atoms with E-state index in [2.05, 4.69) is 25.7 Å². The Hall–Kier alpha value is -0.570. The van der Waals surface area contributed by atoms with Crippen LogP contribution in [0, 0.1) is 5.41 Å². The van der Waals surface area contributed by atoms with Crippen LogP contribution in [0.1, 0.15) is 20.8 Å². The first-order chi connectivity index (χ1) is 5.82. The lowest BCUT2D eigenvalue weighted by Crippen LogP contribution is -2.57. The number of nitrogens with zero attached hydrogens (tertiary/aromatic N) is 2. The van der Waals surface area contributed by atoms with Crippen molar-refractivity contribution in [3.63, 3.8) is 0 Å². The number of carbonyl (C=O) groups is 1. The number of hydrogen-bond donors (Lipinski definition) is 0. The van der Waals surface area contributed by atoms with Gasteiger partial charge in [0.05, 0.1) is 6.54 Å². The van der Waals surface area contributed by atoms with E-state index >= 15 is 0 Å². The topological polar surface area (TPSA) is 23.6 Å².